The Bertz CT molecular complexity index is 160. The van der Waals surface area contributed by atoms with Gasteiger partial charge in [-0.05, 0) is 12.8 Å². The van der Waals surface area contributed by atoms with Crippen molar-refractivity contribution in [1.82, 2.24) is 0 Å². The highest BCUT2D eigenvalue weighted by molar-refractivity contribution is 5.85. The lowest BCUT2D eigenvalue weighted by Crippen LogP contribution is -1.93. The van der Waals surface area contributed by atoms with E-state index in [9.17, 15) is 9.59 Å². The highest BCUT2D eigenvalue weighted by Gasteiger charge is 1.96. The van der Waals surface area contributed by atoms with Crippen molar-refractivity contribution < 1.29 is 14.7 Å². The number of halogens is 1. The van der Waals surface area contributed by atoms with E-state index in [0.717, 1.165) is 38.4 Å². The van der Waals surface area contributed by atoms with Crippen molar-refractivity contribution in [3.05, 3.63) is 0 Å². The summed E-state index contributed by atoms with van der Waals surface area (Å²) in [5.74, 6) is -0.698. The van der Waals surface area contributed by atoms with Gasteiger partial charge >= 0.3 is 5.97 Å². The highest BCUT2D eigenvalue weighted by Crippen LogP contribution is 2.08. The number of rotatable bonds is 10. The van der Waals surface area contributed by atoms with Gasteiger partial charge in [-0.1, -0.05) is 32.1 Å². The van der Waals surface area contributed by atoms with E-state index in [4.69, 9.17) is 5.11 Å². The lowest BCUT2D eigenvalue weighted by molar-refractivity contribution is -0.137. The Balaban J connectivity index is 0. The molecular weight excluding hydrogens is 216 g/mol. The predicted octanol–water partition coefficient (Wildman–Crippen LogP) is 3.20. The zero-order valence-electron chi connectivity index (χ0n) is 9.11. The molecule has 0 fully saturated rings. The van der Waals surface area contributed by atoms with Gasteiger partial charge in [0, 0.05) is 12.8 Å². The van der Waals surface area contributed by atoms with Crippen molar-refractivity contribution in [3.8, 4) is 0 Å². The summed E-state index contributed by atoms with van der Waals surface area (Å²) < 4.78 is 0. The van der Waals surface area contributed by atoms with Crippen molar-refractivity contribution in [2.45, 2.75) is 57.8 Å². The van der Waals surface area contributed by atoms with Crippen LogP contribution in [0.25, 0.3) is 0 Å². The first kappa shape index (κ1) is 16.8. The third-order valence-corrected chi connectivity index (χ3v) is 2.21. The van der Waals surface area contributed by atoms with Gasteiger partial charge in [-0.3, -0.25) is 4.79 Å². The van der Waals surface area contributed by atoms with Crippen LogP contribution in [0.1, 0.15) is 57.8 Å². The van der Waals surface area contributed by atoms with Crippen LogP contribution in [0.3, 0.4) is 0 Å². The van der Waals surface area contributed by atoms with Gasteiger partial charge in [-0.2, -0.15) is 0 Å². The molecule has 90 valence electrons. The van der Waals surface area contributed by atoms with Crippen molar-refractivity contribution in [2.75, 3.05) is 0 Å². The highest BCUT2D eigenvalue weighted by atomic mass is 35.5. The summed E-state index contributed by atoms with van der Waals surface area (Å²) in [5.41, 5.74) is 0. The molecule has 0 saturated carbocycles. The third-order valence-electron chi connectivity index (χ3n) is 2.21. The van der Waals surface area contributed by atoms with Crippen LogP contribution in [0.4, 0.5) is 0 Å². The van der Waals surface area contributed by atoms with E-state index in [-0.39, 0.29) is 12.4 Å². The summed E-state index contributed by atoms with van der Waals surface area (Å²) in [4.78, 5) is 20.2. The molecule has 0 atom stereocenters. The SMILES string of the molecule is Cl.O=CCCCCCCCCCC(=O)O. The van der Waals surface area contributed by atoms with Crippen LogP contribution in [0.5, 0.6) is 0 Å². The minimum Gasteiger partial charge on any atom is -0.481 e. The van der Waals surface area contributed by atoms with Crippen LogP contribution in [0, 0.1) is 0 Å². The van der Waals surface area contributed by atoms with Crippen molar-refractivity contribution in [1.29, 1.82) is 0 Å². The molecule has 1 N–H and O–H groups in total. The first-order chi connectivity index (χ1) is 6.77. The van der Waals surface area contributed by atoms with E-state index in [0.29, 0.717) is 12.8 Å². The smallest absolute Gasteiger partial charge is 0.303 e. The maximum Gasteiger partial charge on any atom is 0.303 e. The van der Waals surface area contributed by atoms with Crippen LogP contribution < -0.4 is 0 Å². The van der Waals surface area contributed by atoms with Crippen molar-refractivity contribution in [2.24, 2.45) is 0 Å². The molecule has 0 aromatic heterocycles. The zero-order valence-corrected chi connectivity index (χ0v) is 9.93. The second kappa shape index (κ2) is 13.4. The Kier molecular flexibility index (Phi) is 15.1. The van der Waals surface area contributed by atoms with Gasteiger partial charge in [0.2, 0.25) is 0 Å². The summed E-state index contributed by atoms with van der Waals surface area (Å²) in [6.07, 6.45) is 9.32. The van der Waals surface area contributed by atoms with Crippen molar-refractivity contribution >= 4 is 24.7 Å². The fourth-order valence-electron chi connectivity index (χ4n) is 1.39. The molecule has 0 aliphatic rings. The van der Waals surface area contributed by atoms with E-state index < -0.39 is 5.97 Å². The van der Waals surface area contributed by atoms with Crippen LogP contribution in [-0.4, -0.2) is 17.4 Å². The minimum atomic E-state index is -0.698. The van der Waals surface area contributed by atoms with Crippen LogP contribution >= 0.6 is 12.4 Å². The standard InChI is InChI=1S/C11H20O3.ClH/c12-10-8-6-4-2-1-3-5-7-9-11(13)14;/h10H,1-9H2,(H,13,14);1H. The van der Waals surface area contributed by atoms with Gasteiger partial charge in [0.1, 0.15) is 6.29 Å². The number of hydrogen-bond acceptors (Lipinski definition) is 2. The molecule has 4 heteroatoms. The zero-order chi connectivity index (χ0) is 10.6. The Labute approximate surface area is 97.7 Å². The van der Waals surface area contributed by atoms with E-state index in [1.165, 1.54) is 12.8 Å². The number of carbonyl (C=O) groups is 2. The normalized spacial score (nSPS) is 9.33. The van der Waals surface area contributed by atoms with Gasteiger partial charge in [0.25, 0.3) is 0 Å². The maximum atomic E-state index is 10.2. The first-order valence-electron chi connectivity index (χ1n) is 5.43. The molecule has 0 aliphatic heterocycles. The average molecular weight is 237 g/mol. The lowest BCUT2D eigenvalue weighted by Gasteiger charge is -1.99. The lowest BCUT2D eigenvalue weighted by atomic mass is 10.1. The van der Waals surface area contributed by atoms with Gasteiger partial charge in [-0.25, -0.2) is 0 Å². The molecule has 0 rings (SSSR count). The number of carboxylic acids is 1. The molecule has 0 amide bonds. The van der Waals surface area contributed by atoms with Crippen LogP contribution in [0.2, 0.25) is 0 Å². The summed E-state index contributed by atoms with van der Waals surface area (Å²) in [6.45, 7) is 0. The molecule has 0 unspecified atom stereocenters. The quantitative estimate of drug-likeness (QED) is 0.468. The molecule has 0 aliphatic carbocycles. The van der Waals surface area contributed by atoms with Gasteiger partial charge in [0.15, 0.2) is 0 Å². The number of aldehydes is 1. The van der Waals surface area contributed by atoms with E-state index >= 15 is 0 Å². The van der Waals surface area contributed by atoms with E-state index in [1.54, 1.807) is 0 Å². The number of hydrogen-bond donors (Lipinski definition) is 1. The molecule has 0 bridgehead atoms. The monoisotopic (exact) mass is 236 g/mol. The Hall–Kier alpha value is -0.570. The minimum absolute atomic E-state index is 0. The number of unbranched alkanes of at least 4 members (excludes halogenated alkanes) is 7. The first-order valence-corrected chi connectivity index (χ1v) is 5.43. The summed E-state index contributed by atoms with van der Waals surface area (Å²) in [6, 6.07) is 0. The number of aliphatic carboxylic acids is 1. The Morgan fingerprint density at radius 2 is 1.40 bits per heavy atom. The second-order valence-corrected chi connectivity index (χ2v) is 3.57. The molecule has 0 spiro atoms. The van der Waals surface area contributed by atoms with E-state index in [1.807, 2.05) is 0 Å². The van der Waals surface area contributed by atoms with E-state index in [2.05, 4.69) is 0 Å². The third kappa shape index (κ3) is 16.1. The summed E-state index contributed by atoms with van der Waals surface area (Å²) in [5, 5.41) is 8.38. The molecule has 0 aromatic carbocycles. The summed E-state index contributed by atoms with van der Waals surface area (Å²) in [7, 11) is 0. The Morgan fingerprint density at radius 1 is 0.933 bits per heavy atom. The number of carboxylic acid groups (broad SMARTS) is 1. The molecule has 3 nitrogen and oxygen atoms in total. The summed E-state index contributed by atoms with van der Waals surface area (Å²) >= 11 is 0. The average Bonchev–Trinajstić information content (AvgIpc) is 2.15. The second-order valence-electron chi connectivity index (χ2n) is 3.57. The van der Waals surface area contributed by atoms with Crippen LogP contribution in [-0.2, 0) is 9.59 Å². The molecular formula is C11H21ClO3. The van der Waals surface area contributed by atoms with Crippen LogP contribution in [0.15, 0.2) is 0 Å². The maximum absolute atomic E-state index is 10.2. The van der Waals surface area contributed by atoms with Crippen molar-refractivity contribution in [3.63, 3.8) is 0 Å². The van der Waals surface area contributed by atoms with Gasteiger partial charge < -0.3 is 9.90 Å². The largest absolute Gasteiger partial charge is 0.481 e. The molecule has 0 heterocycles. The topological polar surface area (TPSA) is 54.4 Å². The number of carbonyl (C=O) groups excluding carboxylic acids is 1. The van der Waals surface area contributed by atoms with Gasteiger partial charge in [0.05, 0.1) is 0 Å². The molecule has 0 saturated heterocycles. The molecule has 0 aromatic rings. The fraction of sp³-hybridized carbons (Fsp3) is 0.818. The van der Waals surface area contributed by atoms with Gasteiger partial charge in [-0.15, -0.1) is 12.4 Å². The predicted molar refractivity (Wildman–Crippen MR) is 62.5 cm³/mol. The Morgan fingerprint density at radius 3 is 1.87 bits per heavy atom. The molecule has 15 heavy (non-hydrogen) atoms. The molecule has 0 radical (unpaired) electrons. The fourth-order valence-corrected chi connectivity index (χ4v) is 1.39.